The minimum absolute atomic E-state index is 0.108. The second-order valence-electron chi connectivity index (χ2n) is 6.63. The highest BCUT2D eigenvalue weighted by Gasteiger charge is 2.07. The molecule has 0 unspecified atom stereocenters. The average Bonchev–Trinajstić information content (AvgIpc) is 2.73. The fourth-order valence-corrected chi connectivity index (χ4v) is 2.82. The van der Waals surface area contributed by atoms with E-state index in [1.165, 1.54) is 11.1 Å². The molecule has 3 rings (SSSR count). The van der Waals surface area contributed by atoms with Crippen LogP contribution in [0.25, 0.3) is 0 Å². The molecule has 0 aliphatic carbocycles. The second-order valence-corrected chi connectivity index (χ2v) is 6.63. The number of amides is 1. The highest BCUT2D eigenvalue weighted by molar-refractivity contribution is 5.94. The third-order valence-corrected chi connectivity index (χ3v) is 4.45. The number of carbonyl (C=O) groups excluding carboxylic acids is 1. The van der Waals surface area contributed by atoms with Crippen molar-refractivity contribution in [3.8, 4) is 5.75 Å². The van der Waals surface area contributed by atoms with Crippen molar-refractivity contribution >= 4 is 11.7 Å². The first-order valence-corrected chi connectivity index (χ1v) is 9.30. The molecule has 0 fully saturated rings. The highest BCUT2D eigenvalue weighted by atomic mass is 16.5. The first kappa shape index (κ1) is 19.4. The molecule has 28 heavy (non-hydrogen) atoms. The second kappa shape index (κ2) is 9.55. The van der Waals surface area contributed by atoms with Gasteiger partial charge in [0.15, 0.2) is 0 Å². The van der Waals surface area contributed by atoms with E-state index in [1.54, 1.807) is 25.4 Å². The Balaban J connectivity index is 1.52. The van der Waals surface area contributed by atoms with Crippen LogP contribution in [0.4, 0.5) is 5.82 Å². The van der Waals surface area contributed by atoms with Crippen LogP contribution in [0, 0.1) is 6.92 Å². The molecule has 3 aromatic rings. The van der Waals surface area contributed by atoms with Crippen molar-refractivity contribution in [3.05, 3.63) is 89.1 Å². The zero-order chi connectivity index (χ0) is 19.8. The number of methoxy groups -OCH3 is 1. The molecule has 0 atom stereocenters. The van der Waals surface area contributed by atoms with Gasteiger partial charge >= 0.3 is 0 Å². The zero-order valence-electron chi connectivity index (χ0n) is 16.2. The number of hydrogen-bond donors (Lipinski definition) is 2. The predicted molar refractivity (Wildman–Crippen MR) is 112 cm³/mol. The monoisotopic (exact) mass is 375 g/mol. The summed E-state index contributed by atoms with van der Waals surface area (Å²) in [4.78, 5) is 16.7. The lowest BCUT2D eigenvalue weighted by Crippen LogP contribution is -2.25. The molecular weight excluding hydrogens is 350 g/mol. The van der Waals surface area contributed by atoms with Gasteiger partial charge in [0.1, 0.15) is 11.6 Å². The predicted octanol–water partition coefficient (Wildman–Crippen LogP) is 3.98. The summed E-state index contributed by atoms with van der Waals surface area (Å²) in [7, 11) is 1.65. The highest BCUT2D eigenvalue weighted by Crippen LogP contribution is 2.13. The van der Waals surface area contributed by atoms with Crippen molar-refractivity contribution in [1.29, 1.82) is 0 Å². The van der Waals surface area contributed by atoms with Gasteiger partial charge in [0.05, 0.1) is 7.11 Å². The van der Waals surface area contributed by atoms with E-state index in [-0.39, 0.29) is 5.91 Å². The van der Waals surface area contributed by atoms with E-state index in [4.69, 9.17) is 4.74 Å². The molecule has 0 bridgehead atoms. The lowest BCUT2D eigenvalue weighted by molar-refractivity contribution is 0.0954. The van der Waals surface area contributed by atoms with Gasteiger partial charge in [0, 0.05) is 24.8 Å². The molecule has 1 heterocycles. The number of rotatable bonds is 8. The summed E-state index contributed by atoms with van der Waals surface area (Å²) in [6.45, 7) is 3.28. The summed E-state index contributed by atoms with van der Waals surface area (Å²) in [5.41, 5.74) is 4.11. The fourth-order valence-electron chi connectivity index (χ4n) is 2.82. The molecule has 0 spiro atoms. The quantitative estimate of drug-likeness (QED) is 0.625. The van der Waals surface area contributed by atoms with Gasteiger partial charge < -0.3 is 15.4 Å². The van der Waals surface area contributed by atoms with Crippen LogP contribution < -0.4 is 15.4 Å². The lowest BCUT2D eigenvalue weighted by Gasteiger charge is -2.09. The van der Waals surface area contributed by atoms with Gasteiger partial charge in [-0.05, 0) is 48.7 Å². The molecule has 144 valence electrons. The van der Waals surface area contributed by atoms with E-state index in [9.17, 15) is 4.79 Å². The van der Waals surface area contributed by atoms with E-state index in [2.05, 4.69) is 46.8 Å². The summed E-state index contributed by atoms with van der Waals surface area (Å²) in [5, 5.41) is 6.22. The number of nitrogens with zero attached hydrogens (tertiary/aromatic N) is 1. The minimum atomic E-state index is -0.108. The Morgan fingerprint density at radius 1 is 1.04 bits per heavy atom. The molecule has 2 N–H and O–H groups in total. The molecule has 0 aliphatic heterocycles. The molecule has 0 saturated heterocycles. The Morgan fingerprint density at radius 2 is 1.86 bits per heavy atom. The Kier molecular flexibility index (Phi) is 6.63. The van der Waals surface area contributed by atoms with Crippen LogP contribution in [0.15, 0.2) is 66.9 Å². The van der Waals surface area contributed by atoms with Crippen LogP contribution in [-0.2, 0) is 13.0 Å². The van der Waals surface area contributed by atoms with Gasteiger partial charge in [-0.3, -0.25) is 4.79 Å². The van der Waals surface area contributed by atoms with Crippen LogP contribution in [0.3, 0.4) is 0 Å². The molecule has 2 aromatic carbocycles. The average molecular weight is 375 g/mol. The minimum Gasteiger partial charge on any atom is -0.497 e. The van der Waals surface area contributed by atoms with Gasteiger partial charge in [0.2, 0.25) is 0 Å². The summed E-state index contributed by atoms with van der Waals surface area (Å²) in [6, 6.07) is 19.7. The van der Waals surface area contributed by atoms with Gasteiger partial charge in [-0.1, -0.05) is 42.0 Å². The fraction of sp³-hybridized carbons (Fsp3) is 0.217. The maximum atomic E-state index is 12.4. The van der Waals surface area contributed by atoms with E-state index in [0.29, 0.717) is 24.5 Å². The molecule has 0 radical (unpaired) electrons. The van der Waals surface area contributed by atoms with Crippen molar-refractivity contribution in [2.75, 3.05) is 19.0 Å². The van der Waals surface area contributed by atoms with Crippen molar-refractivity contribution in [2.45, 2.75) is 19.9 Å². The zero-order valence-corrected chi connectivity index (χ0v) is 16.2. The maximum absolute atomic E-state index is 12.4. The van der Waals surface area contributed by atoms with Crippen LogP contribution in [0.1, 0.15) is 27.0 Å². The van der Waals surface area contributed by atoms with Crippen LogP contribution in [-0.4, -0.2) is 24.5 Å². The van der Waals surface area contributed by atoms with E-state index < -0.39 is 0 Å². The van der Waals surface area contributed by atoms with Crippen LogP contribution in [0.5, 0.6) is 5.75 Å². The number of carbonyl (C=O) groups is 1. The molecule has 1 aromatic heterocycles. The van der Waals surface area contributed by atoms with Crippen LogP contribution in [0.2, 0.25) is 0 Å². The Morgan fingerprint density at radius 3 is 2.64 bits per heavy atom. The standard InChI is InChI=1S/C23H25N3O2/c1-17-6-8-19(9-7-17)16-26-22-15-20(11-13-24-22)23(27)25-12-10-18-4-3-5-21(14-18)28-2/h3-9,11,13-15H,10,12,16H2,1-2H3,(H,24,26)(H,25,27). The normalized spacial score (nSPS) is 10.4. The Bertz CT molecular complexity index is 923. The van der Waals surface area contributed by atoms with E-state index in [1.807, 2.05) is 24.3 Å². The first-order valence-electron chi connectivity index (χ1n) is 9.30. The molecule has 0 aliphatic rings. The number of ether oxygens (including phenoxy) is 1. The van der Waals surface area contributed by atoms with Crippen molar-refractivity contribution in [1.82, 2.24) is 10.3 Å². The third-order valence-electron chi connectivity index (χ3n) is 4.45. The summed E-state index contributed by atoms with van der Waals surface area (Å²) in [6.07, 6.45) is 2.39. The smallest absolute Gasteiger partial charge is 0.251 e. The van der Waals surface area contributed by atoms with E-state index >= 15 is 0 Å². The van der Waals surface area contributed by atoms with Crippen LogP contribution >= 0.6 is 0 Å². The summed E-state index contributed by atoms with van der Waals surface area (Å²) < 4.78 is 5.22. The van der Waals surface area contributed by atoms with Gasteiger partial charge in [0.25, 0.3) is 5.91 Å². The number of aromatic nitrogens is 1. The largest absolute Gasteiger partial charge is 0.497 e. The van der Waals surface area contributed by atoms with Crippen molar-refractivity contribution in [3.63, 3.8) is 0 Å². The Labute approximate surface area is 165 Å². The lowest BCUT2D eigenvalue weighted by atomic mass is 10.1. The van der Waals surface area contributed by atoms with Gasteiger partial charge in [-0.2, -0.15) is 0 Å². The molecular formula is C23H25N3O2. The van der Waals surface area contributed by atoms with Crippen molar-refractivity contribution in [2.24, 2.45) is 0 Å². The topological polar surface area (TPSA) is 63.2 Å². The summed E-state index contributed by atoms with van der Waals surface area (Å²) >= 11 is 0. The molecule has 1 amide bonds. The van der Waals surface area contributed by atoms with E-state index in [0.717, 1.165) is 17.7 Å². The number of pyridine rings is 1. The number of aryl methyl sites for hydroxylation is 1. The number of benzene rings is 2. The summed E-state index contributed by atoms with van der Waals surface area (Å²) in [5.74, 6) is 1.40. The number of hydrogen-bond acceptors (Lipinski definition) is 4. The Hall–Kier alpha value is -3.34. The molecule has 5 heteroatoms. The maximum Gasteiger partial charge on any atom is 0.251 e. The third kappa shape index (κ3) is 5.58. The van der Waals surface area contributed by atoms with Crippen molar-refractivity contribution < 1.29 is 9.53 Å². The molecule has 0 saturated carbocycles. The number of anilines is 1. The first-order chi connectivity index (χ1) is 13.6. The molecule has 5 nitrogen and oxygen atoms in total. The van der Waals surface area contributed by atoms with Gasteiger partial charge in [-0.15, -0.1) is 0 Å². The SMILES string of the molecule is COc1cccc(CCNC(=O)c2ccnc(NCc3ccc(C)cc3)c2)c1. The van der Waals surface area contributed by atoms with Gasteiger partial charge in [-0.25, -0.2) is 4.98 Å². The number of nitrogens with one attached hydrogen (secondary N) is 2.